The summed E-state index contributed by atoms with van der Waals surface area (Å²) in [5.74, 6) is -0.102. The second-order valence-electron chi connectivity index (χ2n) is 4.74. The molecule has 1 fully saturated rings. The van der Waals surface area contributed by atoms with Gasteiger partial charge in [-0.25, -0.2) is 0 Å². The number of nitrogens with two attached hydrogens (primary N) is 1. The molecule has 0 heterocycles. The first-order chi connectivity index (χ1) is 8.24. The fourth-order valence-electron chi connectivity index (χ4n) is 2.00. The predicted octanol–water partition coefficient (Wildman–Crippen LogP) is 3.47. The monoisotopic (exact) mass is 279 g/mol. The van der Waals surface area contributed by atoms with Crippen LogP contribution in [-0.2, 0) is 5.60 Å². The molecular formula is C12H13ClF3NO. The topological polar surface area (TPSA) is 46.2 Å². The number of benzene rings is 1. The molecule has 6 heteroatoms. The van der Waals surface area contributed by atoms with E-state index in [0.29, 0.717) is 12.8 Å². The van der Waals surface area contributed by atoms with E-state index >= 15 is 0 Å². The van der Waals surface area contributed by atoms with Crippen molar-refractivity contribution in [3.8, 4) is 0 Å². The van der Waals surface area contributed by atoms with E-state index in [4.69, 9.17) is 17.3 Å². The summed E-state index contributed by atoms with van der Waals surface area (Å²) in [5, 5.41) is 10.2. The predicted molar refractivity (Wildman–Crippen MR) is 63.2 cm³/mol. The molecule has 18 heavy (non-hydrogen) atoms. The Morgan fingerprint density at radius 2 is 1.94 bits per heavy atom. The Morgan fingerprint density at radius 3 is 2.44 bits per heavy atom. The Hall–Kier alpha value is -0.940. The van der Waals surface area contributed by atoms with Crippen molar-refractivity contribution in [2.24, 2.45) is 5.92 Å². The molecule has 0 radical (unpaired) electrons. The molecule has 0 spiro atoms. The Morgan fingerprint density at radius 1 is 1.33 bits per heavy atom. The molecule has 0 bridgehead atoms. The number of alkyl halides is 3. The Bertz CT molecular complexity index is 459. The van der Waals surface area contributed by atoms with Crippen LogP contribution in [0.4, 0.5) is 18.9 Å². The third-order valence-electron chi connectivity index (χ3n) is 3.21. The van der Waals surface area contributed by atoms with Crippen LogP contribution in [-0.4, -0.2) is 11.3 Å². The number of rotatable bonds is 3. The molecule has 1 aliphatic carbocycles. The van der Waals surface area contributed by atoms with Crippen LogP contribution in [0.15, 0.2) is 18.2 Å². The van der Waals surface area contributed by atoms with Gasteiger partial charge in [0.25, 0.3) is 0 Å². The molecule has 2 rings (SSSR count). The molecule has 1 saturated carbocycles. The first-order valence-corrected chi connectivity index (χ1v) is 5.96. The molecule has 1 aliphatic rings. The third-order valence-corrected chi connectivity index (χ3v) is 3.45. The minimum absolute atomic E-state index is 0.0973. The van der Waals surface area contributed by atoms with Gasteiger partial charge in [-0.05, 0) is 30.5 Å². The second kappa shape index (κ2) is 4.31. The van der Waals surface area contributed by atoms with E-state index in [1.165, 1.54) is 12.1 Å². The minimum atomic E-state index is -4.77. The third kappa shape index (κ3) is 2.42. The normalized spacial score (nSPS) is 19.6. The molecule has 0 unspecified atom stereocenters. The highest BCUT2D eigenvalue weighted by Gasteiger charge is 2.57. The van der Waals surface area contributed by atoms with Crippen molar-refractivity contribution in [3.05, 3.63) is 28.8 Å². The zero-order valence-electron chi connectivity index (χ0n) is 9.47. The van der Waals surface area contributed by atoms with Gasteiger partial charge >= 0.3 is 6.18 Å². The van der Waals surface area contributed by atoms with Gasteiger partial charge in [0.1, 0.15) is 0 Å². The average Bonchev–Trinajstić information content (AvgIpc) is 3.03. The summed E-state index contributed by atoms with van der Waals surface area (Å²) in [5.41, 5.74) is 2.19. The molecular weight excluding hydrogens is 267 g/mol. The van der Waals surface area contributed by atoms with Crippen LogP contribution < -0.4 is 5.73 Å². The Kier molecular flexibility index (Phi) is 3.23. The molecule has 2 nitrogen and oxygen atoms in total. The van der Waals surface area contributed by atoms with Gasteiger partial charge in [0.15, 0.2) is 5.60 Å². The number of halogens is 4. The maximum Gasteiger partial charge on any atom is 0.421 e. The van der Waals surface area contributed by atoms with E-state index in [2.05, 4.69) is 0 Å². The lowest BCUT2D eigenvalue weighted by Crippen LogP contribution is -2.43. The van der Waals surface area contributed by atoms with Crippen molar-refractivity contribution in [1.29, 1.82) is 0 Å². The molecule has 1 aromatic carbocycles. The van der Waals surface area contributed by atoms with Crippen molar-refractivity contribution >= 4 is 17.3 Å². The van der Waals surface area contributed by atoms with Gasteiger partial charge in [-0.2, -0.15) is 13.2 Å². The quantitative estimate of drug-likeness (QED) is 0.832. The number of hydrogen-bond acceptors (Lipinski definition) is 2. The summed E-state index contributed by atoms with van der Waals surface area (Å²) in [6.07, 6.45) is -3.72. The van der Waals surface area contributed by atoms with E-state index < -0.39 is 11.8 Å². The Labute approximate surface area is 108 Å². The standard InChI is InChI=1S/C12H13ClF3NO/c13-8-3-4-10(17)9(5-8)11(18,12(14,15)16)6-7-1-2-7/h3-5,7,18H,1-2,6,17H2/t11-/m0/s1. The molecule has 0 amide bonds. The van der Waals surface area contributed by atoms with Gasteiger partial charge in [-0.1, -0.05) is 24.4 Å². The van der Waals surface area contributed by atoms with Gasteiger partial charge in [0.2, 0.25) is 0 Å². The molecule has 0 aromatic heterocycles. The maximum atomic E-state index is 13.1. The molecule has 1 atom stereocenters. The van der Waals surface area contributed by atoms with Crippen LogP contribution >= 0.6 is 11.6 Å². The summed E-state index contributed by atoms with van der Waals surface area (Å²) in [6, 6.07) is 3.77. The molecule has 100 valence electrons. The number of nitrogen functional groups attached to an aromatic ring is 1. The van der Waals surface area contributed by atoms with Gasteiger partial charge in [-0.15, -0.1) is 0 Å². The van der Waals surface area contributed by atoms with Crippen molar-refractivity contribution in [3.63, 3.8) is 0 Å². The zero-order chi connectivity index (χ0) is 13.6. The van der Waals surface area contributed by atoms with Gasteiger partial charge in [0, 0.05) is 16.3 Å². The van der Waals surface area contributed by atoms with Crippen LogP contribution in [0, 0.1) is 5.92 Å². The van der Waals surface area contributed by atoms with Crippen LogP contribution in [0.25, 0.3) is 0 Å². The van der Waals surface area contributed by atoms with Crippen LogP contribution in [0.3, 0.4) is 0 Å². The van der Waals surface area contributed by atoms with Gasteiger partial charge in [0.05, 0.1) is 0 Å². The van der Waals surface area contributed by atoms with Crippen molar-refractivity contribution < 1.29 is 18.3 Å². The highest BCUT2D eigenvalue weighted by Crippen LogP contribution is 2.50. The summed E-state index contributed by atoms with van der Waals surface area (Å²) < 4.78 is 39.4. The maximum absolute atomic E-state index is 13.1. The first-order valence-electron chi connectivity index (χ1n) is 5.58. The highest BCUT2D eigenvalue weighted by atomic mass is 35.5. The molecule has 0 saturated heterocycles. The summed E-state index contributed by atoms with van der Waals surface area (Å²) in [7, 11) is 0. The second-order valence-corrected chi connectivity index (χ2v) is 5.17. The Balaban J connectivity index is 2.47. The number of anilines is 1. The van der Waals surface area contributed by atoms with E-state index in [9.17, 15) is 18.3 Å². The van der Waals surface area contributed by atoms with E-state index in [1.54, 1.807) is 0 Å². The highest BCUT2D eigenvalue weighted by molar-refractivity contribution is 6.30. The fraction of sp³-hybridized carbons (Fsp3) is 0.500. The summed E-state index contributed by atoms with van der Waals surface area (Å²) >= 11 is 5.69. The van der Waals surface area contributed by atoms with Crippen LogP contribution in [0.2, 0.25) is 5.02 Å². The summed E-state index contributed by atoms with van der Waals surface area (Å²) in [6.45, 7) is 0. The van der Waals surface area contributed by atoms with E-state index in [0.717, 1.165) is 6.07 Å². The lowest BCUT2D eigenvalue weighted by Gasteiger charge is -2.32. The lowest BCUT2D eigenvalue weighted by atomic mass is 9.86. The SMILES string of the molecule is Nc1ccc(Cl)cc1[C@@](O)(CC1CC1)C(F)(F)F. The van der Waals surface area contributed by atoms with Gasteiger partial charge in [-0.3, -0.25) is 0 Å². The summed E-state index contributed by atoms with van der Waals surface area (Å²) in [4.78, 5) is 0. The average molecular weight is 280 g/mol. The zero-order valence-corrected chi connectivity index (χ0v) is 10.2. The van der Waals surface area contributed by atoms with Crippen molar-refractivity contribution in [1.82, 2.24) is 0 Å². The molecule has 1 aromatic rings. The lowest BCUT2D eigenvalue weighted by molar-refractivity contribution is -0.270. The van der Waals surface area contributed by atoms with Crippen molar-refractivity contribution in [2.75, 3.05) is 5.73 Å². The smallest absolute Gasteiger partial charge is 0.398 e. The van der Waals surface area contributed by atoms with Crippen molar-refractivity contribution in [2.45, 2.75) is 31.0 Å². The number of hydrogen-bond donors (Lipinski definition) is 2. The van der Waals surface area contributed by atoms with Crippen LogP contribution in [0.1, 0.15) is 24.8 Å². The fourth-order valence-corrected chi connectivity index (χ4v) is 2.18. The number of aliphatic hydroxyl groups is 1. The first kappa shape index (κ1) is 13.5. The van der Waals surface area contributed by atoms with E-state index in [1.807, 2.05) is 0 Å². The van der Waals surface area contributed by atoms with E-state index in [-0.39, 0.29) is 28.6 Å². The molecule has 3 N–H and O–H groups in total. The molecule has 0 aliphatic heterocycles. The van der Waals surface area contributed by atoms with Crippen LogP contribution in [0.5, 0.6) is 0 Å². The minimum Gasteiger partial charge on any atom is -0.398 e. The van der Waals surface area contributed by atoms with Gasteiger partial charge < -0.3 is 10.8 Å². The largest absolute Gasteiger partial charge is 0.421 e.